The minimum Gasteiger partial charge on any atom is -0.494 e. The molecule has 0 spiro atoms. The van der Waals surface area contributed by atoms with E-state index < -0.39 is 0 Å². The quantitative estimate of drug-likeness (QED) is 0.377. The van der Waals surface area contributed by atoms with E-state index in [4.69, 9.17) is 4.74 Å². The number of ether oxygens (including phenoxy) is 1. The predicted molar refractivity (Wildman–Crippen MR) is 116 cm³/mol. The van der Waals surface area contributed by atoms with Crippen LogP contribution in [0.4, 0.5) is 4.39 Å². The van der Waals surface area contributed by atoms with Gasteiger partial charge in [0.05, 0.1) is 7.11 Å². The standard InChI is InChI=1S/C19H29FN4O2.HI/c1-23(2)18(25)12-21-19(22-15-7-5-6-8-15)24(3)13-14-9-10-17(26-4)16(20)11-14;/h9-11,15H,5-8,12-13H2,1-4H3,(H,21,22);1H. The second-order valence-corrected chi connectivity index (χ2v) is 6.88. The van der Waals surface area contributed by atoms with E-state index in [2.05, 4.69) is 10.3 Å². The van der Waals surface area contributed by atoms with Crippen molar-refractivity contribution < 1.29 is 13.9 Å². The molecule has 0 saturated heterocycles. The van der Waals surface area contributed by atoms with Crippen LogP contribution >= 0.6 is 24.0 Å². The molecule has 0 radical (unpaired) electrons. The van der Waals surface area contributed by atoms with E-state index in [1.807, 2.05) is 18.0 Å². The Labute approximate surface area is 178 Å². The molecule has 1 aromatic rings. The van der Waals surface area contributed by atoms with Crippen LogP contribution in [0.2, 0.25) is 0 Å². The first-order chi connectivity index (χ1) is 12.4. The van der Waals surface area contributed by atoms with Crippen molar-refractivity contribution in [2.45, 2.75) is 38.3 Å². The molecule has 0 aliphatic heterocycles. The zero-order chi connectivity index (χ0) is 19.1. The minimum absolute atomic E-state index is 0. The highest BCUT2D eigenvalue weighted by molar-refractivity contribution is 14.0. The number of carbonyl (C=O) groups is 1. The topological polar surface area (TPSA) is 57.2 Å². The summed E-state index contributed by atoms with van der Waals surface area (Å²) in [6.07, 6.45) is 4.61. The Morgan fingerprint density at radius 3 is 2.52 bits per heavy atom. The zero-order valence-electron chi connectivity index (χ0n) is 16.5. The lowest BCUT2D eigenvalue weighted by Gasteiger charge is -2.25. The van der Waals surface area contributed by atoms with Crippen LogP contribution in [0, 0.1) is 5.82 Å². The van der Waals surface area contributed by atoms with Crippen LogP contribution in [-0.4, -0.2) is 62.5 Å². The van der Waals surface area contributed by atoms with Crippen LogP contribution in [0.25, 0.3) is 0 Å². The summed E-state index contributed by atoms with van der Waals surface area (Å²) < 4.78 is 18.9. The number of likely N-dealkylation sites (N-methyl/N-ethyl adjacent to an activating group) is 1. The van der Waals surface area contributed by atoms with Gasteiger partial charge in [0.2, 0.25) is 5.91 Å². The fourth-order valence-electron chi connectivity index (χ4n) is 2.97. The van der Waals surface area contributed by atoms with Crippen LogP contribution in [-0.2, 0) is 11.3 Å². The highest BCUT2D eigenvalue weighted by atomic mass is 127. The first-order valence-electron chi connectivity index (χ1n) is 8.95. The molecule has 0 heterocycles. The van der Waals surface area contributed by atoms with E-state index in [-0.39, 0.29) is 48.0 Å². The fourth-order valence-corrected chi connectivity index (χ4v) is 2.97. The Bertz CT molecular complexity index is 649. The SMILES string of the molecule is COc1ccc(CN(C)C(=NCC(=O)N(C)C)NC2CCCC2)cc1F.I. The van der Waals surface area contributed by atoms with Crippen LogP contribution in [0.3, 0.4) is 0 Å². The maximum absolute atomic E-state index is 13.9. The maximum Gasteiger partial charge on any atom is 0.243 e. The number of halogens is 2. The molecule has 1 amide bonds. The van der Waals surface area contributed by atoms with Gasteiger partial charge in [0.15, 0.2) is 17.5 Å². The van der Waals surface area contributed by atoms with Gasteiger partial charge in [0.1, 0.15) is 6.54 Å². The average molecular weight is 492 g/mol. The highest BCUT2D eigenvalue weighted by Gasteiger charge is 2.19. The number of hydrogen-bond acceptors (Lipinski definition) is 3. The maximum atomic E-state index is 13.9. The van der Waals surface area contributed by atoms with Gasteiger partial charge in [-0.25, -0.2) is 9.38 Å². The molecule has 152 valence electrons. The Kier molecular flexibility index (Phi) is 9.82. The number of rotatable bonds is 6. The molecule has 2 rings (SSSR count). The van der Waals surface area contributed by atoms with Gasteiger partial charge in [-0.2, -0.15) is 0 Å². The molecular formula is C19H30FIN4O2. The number of benzene rings is 1. The molecule has 1 aromatic carbocycles. The van der Waals surface area contributed by atoms with Crippen molar-refractivity contribution in [2.24, 2.45) is 4.99 Å². The third-order valence-electron chi connectivity index (χ3n) is 4.55. The largest absolute Gasteiger partial charge is 0.494 e. The Morgan fingerprint density at radius 1 is 1.30 bits per heavy atom. The number of carbonyl (C=O) groups excluding carboxylic acids is 1. The minimum atomic E-state index is -0.386. The van der Waals surface area contributed by atoms with Crippen molar-refractivity contribution in [3.63, 3.8) is 0 Å². The summed E-state index contributed by atoms with van der Waals surface area (Å²) in [7, 11) is 6.77. The average Bonchev–Trinajstić information content (AvgIpc) is 3.11. The molecule has 0 unspecified atom stereocenters. The molecule has 1 aliphatic carbocycles. The summed E-state index contributed by atoms with van der Waals surface area (Å²) in [5.74, 6) is 0.456. The van der Waals surface area contributed by atoms with E-state index in [0.29, 0.717) is 18.5 Å². The lowest BCUT2D eigenvalue weighted by atomic mass is 10.2. The third-order valence-corrected chi connectivity index (χ3v) is 4.55. The molecular weight excluding hydrogens is 462 g/mol. The van der Waals surface area contributed by atoms with Gasteiger partial charge < -0.3 is 19.9 Å². The van der Waals surface area contributed by atoms with Crippen molar-refractivity contribution >= 4 is 35.8 Å². The number of aliphatic imine (C=N–C) groups is 1. The van der Waals surface area contributed by atoms with Crippen LogP contribution < -0.4 is 10.1 Å². The van der Waals surface area contributed by atoms with Crippen molar-refractivity contribution in [3.8, 4) is 5.75 Å². The third kappa shape index (κ3) is 7.15. The van der Waals surface area contributed by atoms with Gasteiger partial charge in [0.25, 0.3) is 0 Å². The molecule has 8 heteroatoms. The molecule has 6 nitrogen and oxygen atoms in total. The molecule has 1 aliphatic rings. The van der Waals surface area contributed by atoms with Crippen molar-refractivity contribution in [2.75, 3.05) is 34.8 Å². The number of nitrogens with zero attached hydrogens (tertiary/aromatic N) is 3. The second kappa shape index (κ2) is 11.3. The van der Waals surface area contributed by atoms with E-state index in [1.54, 1.807) is 20.2 Å². The van der Waals surface area contributed by atoms with Crippen molar-refractivity contribution in [1.29, 1.82) is 0 Å². The lowest BCUT2D eigenvalue weighted by molar-refractivity contribution is -0.127. The number of amides is 1. The molecule has 0 bridgehead atoms. The molecule has 1 saturated carbocycles. The fraction of sp³-hybridized carbons (Fsp3) is 0.579. The molecule has 1 fully saturated rings. The number of hydrogen-bond donors (Lipinski definition) is 1. The van der Waals surface area contributed by atoms with Gasteiger partial charge in [0, 0.05) is 33.7 Å². The number of guanidine groups is 1. The van der Waals surface area contributed by atoms with E-state index >= 15 is 0 Å². The van der Waals surface area contributed by atoms with Gasteiger partial charge in [-0.15, -0.1) is 24.0 Å². The number of nitrogens with one attached hydrogen (secondary N) is 1. The second-order valence-electron chi connectivity index (χ2n) is 6.88. The van der Waals surface area contributed by atoms with Crippen molar-refractivity contribution in [1.82, 2.24) is 15.1 Å². The summed E-state index contributed by atoms with van der Waals surface area (Å²) in [4.78, 5) is 19.8. The molecule has 1 N–H and O–H groups in total. The molecule has 0 aromatic heterocycles. The van der Waals surface area contributed by atoms with Crippen LogP contribution in [0.15, 0.2) is 23.2 Å². The number of methoxy groups -OCH3 is 1. The predicted octanol–water partition coefficient (Wildman–Crippen LogP) is 2.86. The molecule has 27 heavy (non-hydrogen) atoms. The summed E-state index contributed by atoms with van der Waals surface area (Å²) >= 11 is 0. The van der Waals surface area contributed by atoms with Gasteiger partial charge in [-0.3, -0.25) is 4.79 Å². The van der Waals surface area contributed by atoms with E-state index in [9.17, 15) is 9.18 Å². The van der Waals surface area contributed by atoms with Gasteiger partial charge >= 0.3 is 0 Å². The normalized spacial score (nSPS) is 14.5. The first-order valence-corrected chi connectivity index (χ1v) is 8.95. The lowest BCUT2D eigenvalue weighted by Crippen LogP contribution is -2.43. The summed E-state index contributed by atoms with van der Waals surface area (Å²) in [6.45, 7) is 0.568. The van der Waals surface area contributed by atoms with Gasteiger partial charge in [-0.05, 0) is 30.5 Å². The smallest absolute Gasteiger partial charge is 0.243 e. The van der Waals surface area contributed by atoms with Crippen LogP contribution in [0.5, 0.6) is 5.75 Å². The zero-order valence-corrected chi connectivity index (χ0v) is 18.8. The van der Waals surface area contributed by atoms with Gasteiger partial charge in [-0.1, -0.05) is 18.9 Å². The molecule has 0 atom stereocenters. The monoisotopic (exact) mass is 492 g/mol. The van der Waals surface area contributed by atoms with Crippen molar-refractivity contribution in [3.05, 3.63) is 29.6 Å². The highest BCUT2D eigenvalue weighted by Crippen LogP contribution is 2.20. The van der Waals surface area contributed by atoms with E-state index in [0.717, 1.165) is 18.4 Å². The summed E-state index contributed by atoms with van der Waals surface area (Å²) in [5, 5.41) is 3.45. The first kappa shape index (κ1) is 23.5. The Morgan fingerprint density at radius 2 is 1.96 bits per heavy atom. The Balaban J connectivity index is 0.00000364. The Hall–Kier alpha value is -1.58. The summed E-state index contributed by atoms with van der Waals surface area (Å²) in [6, 6.07) is 5.29. The summed E-state index contributed by atoms with van der Waals surface area (Å²) in [5.41, 5.74) is 0.811. The van der Waals surface area contributed by atoms with E-state index in [1.165, 1.54) is 30.9 Å². The van der Waals surface area contributed by atoms with Crippen LogP contribution in [0.1, 0.15) is 31.2 Å².